The lowest BCUT2D eigenvalue weighted by molar-refractivity contribution is -0.148. The molecule has 1 aliphatic rings. The minimum atomic E-state index is -0.112. The number of anilines is 2. The molecule has 1 aliphatic heterocycles. The van der Waals surface area contributed by atoms with Gasteiger partial charge in [-0.2, -0.15) is 4.98 Å². The van der Waals surface area contributed by atoms with Crippen molar-refractivity contribution in [2.24, 2.45) is 5.92 Å². The lowest BCUT2D eigenvalue weighted by Crippen LogP contribution is -2.40. The highest BCUT2D eigenvalue weighted by Gasteiger charge is 2.28. The average Bonchev–Trinajstić information content (AvgIpc) is 2.47. The molecule has 0 aliphatic carbocycles. The molecule has 1 unspecified atom stereocenters. The van der Waals surface area contributed by atoms with Gasteiger partial charge < -0.3 is 15.0 Å². The molecule has 0 aromatic carbocycles. The largest absolute Gasteiger partial charge is 0.466 e. The minimum Gasteiger partial charge on any atom is -0.466 e. The lowest BCUT2D eigenvalue weighted by atomic mass is 9.98. The van der Waals surface area contributed by atoms with E-state index < -0.39 is 0 Å². The van der Waals surface area contributed by atoms with Crippen LogP contribution < -0.4 is 10.2 Å². The van der Waals surface area contributed by atoms with E-state index >= 15 is 0 Å². The monoisotopic (exact) mass is 278 g/mol. The maximum absolute atomic E-state index is 11.9. The zero-order valence-electron chi connectivity index (χ0n) is 12.3. The second-order valence-corrected chi connectivity index (χ2v) is 4.98. The molecular weight excluding hydrogens is 256 g/mol. The van der Waals surface area contributed by atoms with Crippen LogP contribution in [0.5, 0.6) is 0 Å². The van der Waals surface area contributed by atoms with E-state index in [1.807, 2.05) is 27.0 Å². The number of hydrogen-bond donors (Lipinski definition) is 1. The van der Waals surface area contributed by atoms with Crippen LogP contribution in [0.3, 0.4) is 0 Å². The Morgan fingerprint density at radius 1 is 1.55 bits per heavy atom. The number of piperidine rings is 1. The third-order valence-corrected chi connectivity index (χ3v) is 3.42. The van der Waals surface area contributed by atoms with Crippen LogP contribution in [0, 0.1) is 12.8 Å². The summed E-state index contributed by atoms with van der Waals surface area (Å²) in [5.41, 5.74) is 0.914. The molecule has 1 N–H and O–H groups in total. The fourth-order valence-electron chi connectivity index (χ4n) is 2.43. The Balaban J connectivity index is 2.12. The van der Waals surface area contributed by atoms with E-state index in [1.165, 1.54) is 0 Å². The average molecular weight is 278 g/mol. The molecule has 1 atom stereocenters. The molecule has 1 aromatic rings. The first kappa shape index (κ1) is 14.6. The van der Waals surface area contributed by atoms with Gasteiger partial charge in [-0.25, -0.2) is 4.98 Å². The van der Waals surface area contributed by atoms with Crippen molar-refractivity contribution < 1.29 is 9.53 Å². The van der Waals surface area contributed by atoms with Gasteiger partial charge in [0.15, 0.2) is 0 Å². The number of carbonyl (C=O) groups excluding carboxylic acids is 1. The topological polar surface area (TPSA) is 67.3 Å². The van der Waals surface area contributed by atoms with Crippen LogP contribution in [0.15, 0.2) is 6.07 Å². The highest BCUT2D eigenvalue weighted by Crippen LogP contribution is 2.22. The van der Waals surface area contributed by atoms with E-state index in [0.29, 0.717) is 19.1 Å². The fourth-order valence-corrected chi connectivity index (χ4v) is 2.43. The van der Waals surface area contributed by atoms with Crippen LogP contribution in [-0.2, 0) is 9.53 Å². The standard InChI is InChI=1S/C14H22N4O2/c1-4-20-13(19)11-6-5-7-18(9-11)14-16-10(2)8-12(15-3)17-14/h8,11H,4-7,9H2,1-3H3,(H,15,16,17). The molecule has 0 amide bonds. The van der Waals surface area contributed by atoms with Crippen LogP contribution in [0.25, 0.3) is 0 Å². The Kier molecular flexibility index (Phi) is 4.76. The van der Waals surface area contributed by atoms with E-state index in [0.717, 1.165) is 30.9 Å². The van der Waals surface area contributed by atoms with Crippen molar-refractivity contribution in [2.75, 3.05) is 37.0 Å². The van der Waals surface area contributed by atoms with Gasteiger partial charge in [-0.3, -0.25) is 4.79 Å². The van der Waals surface area contributed by atoms with E-state index in [2.05, 4.69) is 20.2 Å². The van der Waals surface area contributed by atoms with Crippen molar-refractivity contribution in [2.45, 2.75) is 26.7 Å². The van der Waals surface area contributed by atoms with Crippen molar-refractivity contribution in [1.29, 1.82) is 0 Å². The summed E-state index contributed by atoms with van der Waals surface area (Å²) in [6.07, 6.45) is 1.83. The van der Waals surface area contributed by atoms with Crippen molar-refractivity contribution in [1.82, 2.24) is 9.97 Å². The highest BCUT2D eigenvalue weighted by atomic mass is 16.5. The van der Waals surface area contributed by atoms with Gasteiger partial charge in [0, 0.05) is 31.9 Å². The number of rotatable bonds is 4. The lowest BCUT2D eigenvalue weighted by Gasteiger charge is -2.31. The maximum atomic E-state index is 11.9. The van der Waals surface area contributed by atoms with Crippen LogP contribution in [0.1, 0.15) is 25.5 Å². The van der Waals surface area contributed by atoms with E-state index in [-0.39, 0.29) is 11.9 Å². The Hall–Kier alpha value is -1.85. The number of aryl methyl sites for hydroxylation is 1. The first-order valence-corrected chi connectivity index (χ1v) is 7.09. The summed E-state index contributed by atoms with van der Waals surface area (Å²) in [6.45, 7) is 5.72. The number of aromatic nitrogens is 2. The zero-order chi connectivity index (χ0) is 14.5. The molecule has 1 aromatic heterocycles. The van der Waals surface area contributed by atoms with Gasteiger partial charge in [0.25, 0.3) is 0 Å². The number of nitrogens with zero attached hydrogens (tertiary/aromatic N) is 3. The molecule has 1 saturated heterocycles. The summed E-state index contributed by atoms with van der Waals surface area (Å²) < 4.78 is 5.12. The van der Waals surface area contributed by atoms with Gasteiger partial charge in [0.2, 0.25) is 5.95 Å². The number of ether oxygens (including phenoxy) is 1. The molecule has 2 heterocycles. The number of nitrogens with one attached hydrogen (secondary N) is 1. The number of carbonyl (C=O) groups is 1. The molecule has 6 heteroatoms. The van der Waals surface area contributed by atoms with Gasteiger partial charge >= 0.3 is 5.97 Å². The van der Waals surface area contributed by atoms with Crippen LogP contribution in [-0.4, -0.2) is 42.7 Å². The zero-order valence-corrected chi connectivity index (χ0v) is 12.3. The summed E-state index contributed by atoms with van der Waals surface area (Å²) in [7, 11) is 1.84. The second-order valence-electron chi connectivity index (χ2n) is 4.98. The Morgan fingerprint density at radius 2 is 2.35 bits per heavy atom. The summed E-state index contributed by atoms with van der Waals surface area (Å²) in [5.74, 6) is 1.29. The SMILES string of the molecule is CCOC(=O)C1CCCN(c2nc(C)cc(NC)n2)C1. The fraction of sp³-hybridized carbons (Fsp3) is 0.643. The Labute approximate surface area is 119 Å². The van der Waals surface area contributed by atoms with Crippen LogP contribution in [0.4, 0.5) is 11.8 Å². The number of hydrogen-bond acceptors (Lipinski definition) is 6. The molecule has 110 valence electrons. The molecule has 0 saturated carbocycles. The molecule has 6 nitrogen and oxygen atoms in total. The first-order chi connectivity index (χ1) is 9.63. The maximum Gasteiger partial charge on any atom is 0.310 e. The summed E-state index contributed by atoms with van der Waals surface area (Å²) in [4.78, 5) is 22.9. The number of esters is 1. The van der Waals surface area contributed by atoms with Crippen molar-refractivity contribution in [3.8, 4) is 0 Å². The van der Waals surface area contributed by atoms with E-state index in [4.69, 9.17) is 4.74 Å². The predicted octanol–water partition coefficient (Wildman–Crippen LogP) is 1.61. The van der Waals surface area contributed by atoms with Gasteiger partial charge in [-0.1, -0.05) is 0 Å². The predicted molar refractivity (Wildman–Crippen MR) is 77.9 cm³/mol. The summed E-state index contributed by atoms with van der Waals surface area (Å²) in [5, 5.41) is 3.03. The quantitative estimate of drug-likeness (QED) is 0.844. The van der Waals surface area contributed by atoms with E-state index in [9.17, 15) is 4.79 Å². The van der Waals surface area contributed by atoms with Gasteiger partial charge in [0.05, 0.1) is 12.5 Å². The smallest absolute Gasteiger partial charge is 0.310 e. The van der Waals surface area contributed by atoms with Gasteiger partial charge in [0.1, 0.15) is 5.82 Å². The van der Waals surface area contributed by atoms with Crippen molar-refractivity contribution >= 4 is 17.7 Å². The molecule has 0 spiro atoms. The third-order valence-electron chi connectivity index (χ3n) is 3.42. The highest BCUT2D eigenvalue weighted by molar-refractivity contribution is 5.73. The molecule has 0 radical (unpaired) electrons. The van der Waals surface area contributed by atoms with Crippen LogP contribution >= 0.6 is 0 Å². The first-order valence-electron chi connectivity index (χ1n) is 7.09. The summed E-state index contributed by atoms with van der Waals surface area (Å²) in [6, 6.07) is 1.90. The molecule has 2 rings (SSSR count). The summed E-state index contributed by atoms with van der Waals surface area (Å²) >= 11 is 0. The molecular formula is C14H22N4O2. The normalized spacial score (nSPS) is 18.8. The van der Waals surface area contributed by atoms with Crippen LogP contribution in [0.2, 0.25) is 0 Å². The molecule has 0 bridgehead atoms. The Bertz CT molecular complexity index is 478. The third kappa shape index (κ3) is 3.37. The molecule has 1 fully saturated rings. The van der Waals surface area contributed by atoms with Gasteiger partial charge in [-0.05, 0) is 26.7 Å². The Morgan fingerprint density at radius 3 is 3.05 bits per heavy atom. The minimum absolute atomic E-state index is 0.0779. The van der Waals surface area contributed by atoms with Crippen molar-refractivity contribution in [3.63, 3.8) is 0 Å². The van der Waals surface area contributed by atoms with Crippen molar-refractivity contribution in [3.05, 3.63) is 11.8 Å². The molecule has 20 heavy (non-hydrogen) atoms. The second kappa shape index (κ2) is 6.54. The van der Waals surface area contributed by atoms with E-state index in [1.54, 1.807) is 0 Å². The van der Waals surface area contributed by atoms with Gasteiger partial charge in [-0.15, -0.1) is 0 Å².